The van der Waals surface area contributed by atoms with E-state index < -0.39 is 23.8 Å². The third-order valence-electron chi connectivity index (χ3n) is 5.68. The van der Waals surface area contributed by atoms with Crippen LogP contribution in [0.5, 0.6) is 5.75 Å². The quantitative estimate of drug-likeness (QED) is 0.401. The molecule has 0 atom stereocenters. The molecule has 0 aliphatic carbocycles. The van der Waals surface area contributed by atoms with Crippen molar-refractivity contribution in [2.45, 2.75) is 38.1 Å². The van der Waals surface area contributed by atoms with Crippen LogP contribution >= 0.6 is 0 Å². The second kappa shape index (κ2) is 14.2. The van der Waals surface area contributed by atoms with Crippen molar-refractivity contribution in [3.63, 3.8) is 0 Å². The number of amides is 2. The van der Waals surface area contributed by atoms with Crippen molar-refractivity contribution in [3.8, 4) is 18.1 Å². The number of aliphatic carboxylic acids is 1. The molecule has 0 aromatic heterocycles. The number of terminal acetylenes is 1. The average Bonchev–Trinajstić information content (AvgIpc) is 2.87. The van der Waals surface area contributed by atoms with Crippen LogP contribution in [-0.4, -0.2) is 65.9 Å². The normalized spacial score (nSPS) is 14.0. The van der Waals surface area contributed by atoms with Gasteiger partial charge in [0.2, 0.25) is 0 Å². The molecule has 1 heterocycles. The van der Waals surface area contributed by atoms with E-state index in [1.165, 1.54) is 12.1 Å². The summed E-state index contributed by atoms with van der Waals surface area (Å²) in [6, 6.07) is 10.5. The minimum atomic E-state index is -5.08. The molecule has 2 aromatic rings. The van der Waals surface area contributed by atoms with Gasteiger partial charge in [-0.15, -0.1) is 6.42 Å². The Morgan fingerprint density at radius 3 is 2.29 bits per heavy atom. The number of benzene rings is 2. The molecule has 1 saturated heterocycles. The molecular formula is C26H28F5N3O4. The number of nitrogens with one attached hydrogen (secondary N) is 1. The van der Waals surface area contributed by atoms with Crippen molar-refractivity contribution in [1.82, 2.24) is 15.1 Å². The van der Waals surface area contributed by atoms with Crippen molar-refractivity contribution >= 4 is 12.0 Å². The van der Waals surface area contributed by atoms with Gasteiger partial charge in [0.1, 0.15) is 24.0 Å². The van der Waals surface area contributed by atoms with Gasteiger partial charge in [0.05, 0.1) is 6.54 Å². The highest BCUT2D eigenvalue weighted by atomic mass is 19.4. The number of rotatable bonds is 7. The van der Waals surface area contributed by atoms with Gasteiger partial charge in [-0.1, -0.05) is 24.1 Å². The van der Waals surface area contributed by atoms with Gasteiger partial charge in [-0.3, -0.25) is 0 Å². The number of ether oxygens (including phenoxy) is 1. The summed E-state index contributed by atoms with van der Waals surface area (Å²) in [6.07, 6.45) is 1.70. The Kier molecular flexibility index (Phi) is 11.3. The summed E-state index contributed by atoms with van der Waals surface area (Å²) in [6.45, 7) is 2.33. The highest BCUT2D eigenvalue weighted by Crippen LogP contribution is 2.21. The van der Waals surface area contributed by atoms with Crippen molar-refractivity contribution in [2.24, 2.45) is 0 Å². The second-order valence-electron chi connectivity index (χ2n) is 8.50. The van der Waals surface area contributed by atoms with Gasteiger partial charge < -0.3 is 25.0 Å². The molecule has 0 saturated carbocycles. The minimum absolute atomic E-state index is 0.0137. The van der Waals surface area contributed by atoms with Gasteiger partial charge in [-0.05, 0) is 56.7 Å². The Morgan fingerprint density at radius 1 is 1.16 bits per heavy atom. The first-order valence-electron chi connectivity index (χ1n) is 11.5. The predicted octanol–water partition coefficient (Wildman–Crippen LogP) is 4.42. The fraction of sp³-hybridized carbons (Fsp3) is 0.385. The lowest BCUT2D eigenvalue weighted by molar-refractivity contribution is -0.192. The Balaban J connectivity index is 0.000000638. The lowest BCUT2D eigenvalue weighted by Crippen LogP contribution is -2.49. The number of piperidine rings is 1. The first-order chi connectivity index (χ1) is 17.9. The molecule has 0 spiro atoms. The molecule has 206 valence electrons. The Morgan fingerprint density at radius 2 is 1.76 bits per heavy atom. The summed E-state index contributed by atoms with van der Waals surface area (Å²) in [7, 11) is 2.04. The smallest absolute Gasteiger partial charge is 0.481 e. The first-order valence-corrected chi connectivity index (χ1v) is 11.5. The van der Waals surface area contributed by atoms with E-state index in [0.29, 0.717) is 17.9 Å². The monoisotopic (exact) mass is 541 g/mol. The third kappa shape index (κ3) is 9.89. The highest BCUT2D eigenvalue weighted by Gasteiger charge is 2.38. The van der Waals surface area contributed by atoms with Gasteiger partial charge in [-0.25, -0.2) is 18.4 Å². The van der Waals surface area contributed by atoms with Crippen LogP contribution in [0.2, 0.25) is 0 Å². The molecule has 2 aromatic carbocycles. The van der Waals surface area contributed by atoms with Crippen molar-refractivity contribution in [1.29, 1.82) is 0 Å². The fourth-order valence-electron chi connectivity index (χ4n) is 3.61. The van der Waals surface area contributed by atoms with Gasteiger partial charge >= 0.3 is 18.2 Å². The van der Waals surface area contributed by atoms with E-state index in [0.717, 1.165) is 37.6 Å². The van der Waals surface area contributed by atoms with E-state index >= 15 is 0 Å². The molecule has 0 unspecified atom stereocenters. The lowest BCUT2D eigenvalue weighted by atomic mass is 10.0. The number of carboxylic acid groups (broad SMARTS) is 1. The van der Waals surface area contributed by atoms with E-state index in [2.05, 4.69) is 16.1 Å². The largest absolute Gasteiger partial charge is 0.490 e. The molecule has 1 aliphatic heterocycles. The van der Waals surface area contributed by atoms with E-state index in [1.807, 2.05) is 19.2 Å². The topological polar surface area (TPSA) is 82.1 Å². The number of hydrogen-bond donors (Lipinski definition) is 2. The Bertz CT molecular complexity index is 1110. The third-order valence-corrected chi connectivity index (χ3v) is 5.68. The number of carbonyl (C=O) groups is 2. The van der Waals surface area contributed by atoms with E-state index in [1.54, 1.807) is 17.0 Å². The van der Waals surface area contributed by atoms with E-state index in [-0.39, 0.29) is 25.2 Å². The fourth-order valence-corrected chi connectivity index (χ4v) is 3.61. The molecule has 12 heteroatoms. The van der Waals surface area contributed by atoms with Gasteiger partial charge in [-0.2, -0.15) is 13.2 Å². The summed E-state index contributed by atoms with van der Waals surface area (Å²) in [4.78, 5) is 25.8. The number of halogens is 5. The van der Waals surface area contributed by atoms with Crippen LogP contribution < -0.4 is 10.1 Å². The number of hydrogen-bond acceptors (Lipinski definition) is 4. The summed E-state index contributed by atoms with van der Waals surface area (Å²) >= 11 is 0. The number of nitrogens with zero attached hydrogens (tertiary/aromatic N) is 2. The van der Waals surface area contributed by atoms with Crippen molar-refractivity contribution < 1.29 is 41.4 Å². The highest BCUT2D eigenvalue weighted by molar-refractivity contribution is 5.74. The van der Waals surface area contributed by atoms with Crippen LogP contribution in [0, 0.1) is 24.0 Å². The van der Waals surface area contributed by atoms with Crippen LogP contribution in [0.1, 0.15) is 24.0 Å². The predicted molar refractivity (Wildman–Crippen MR) is 129 cm³/mol. The van der Waals surface area contributed by atoms with Gasteiger partial charge in [0, 0.05) is 24.2 Å². The maximum Gasteiger partial charge on any atom is 0.490 e. The molecular weight excluding hydrogens is 513 g/mol. The summed E-state index contributed by atoms with van der Waals surface area (Å²) < 4.78 is 64.6. The Labute approximate surface area is 217 Å². The number of urea groups is 1. The maximum absolute atomic E-state index is 14.2. The molecule has 0 radical (unpaired) electrons. The van der Waals surface area contributed by atoms with Crippen LogP contribution in [0.25, 0.3) is 0 Å². The van der Waals surface area contributed by atoms with Crippen LogP contribution in [0.4, 0.5) is 26.7 Å². The van der Waals surface area contributed by atoms with Crippen LogP contribution in [-0.2, 0) is 17.9 Å². The summed E-state index contributed by atoms with van der Waals surface area (Å²) in [5, 5.41) is 10.0. The number of carbonyl (C=O) groups excluding carboxylic acids is 1. The molecule has 2 N–H and O–H groups in total. The zero-order chi connectivity index (χ0) is 28.3. The number of alkyl halides is 3. The molecule has 0 bridgehead atoms. The second-order valence-corrected chi connectivity index (χ2v) is 8.50. The standard InChI is InChI=1S/C24H27F2N3O2.C2HF3O2/c1-3-14-31-22-8-4-18(5-9-22)16-27-24(30)29(21-10-12-28(2)13-11-21)17-19-6-7-20(25)15-23(19)26;3-2(4,5)1(6)7/h1,4-9,15,21H,10-14,16-17H2,2H3,(H,27,30);(H,6,7). The minimum Gasteiger partial charge on any atom is -0.481 e. The SMILES string of the molecule is C#CCOc1ccc(CNC(=O)N(Cc2ccc(F)cc2F)C2CCN(C)CC2)cc1.O=C(O)C(F)(F)F. The molecule has 2 amide bonds. The van der Waals surface area contributed by atoms with E-state index in [4.69, 9.17) is 21.1 Å². The summed E-state index contributed by atoms with van der Waals surface area (Å²) in [5.41, 5.74) is 1.20. The first kappa shape index (κ1) is 30.4. The van der Waals surface area contributed by atoms with Crippen molar-refractivity contribution in [2.75, 3.05) is 26.7 Å². The lowest BCUT2D eigenvalue weighted by Gasteiger charge is -2.37. The molecule has 1 aliphatic rings. The Hall–Kier alpha value is -3.85. The summed E-state index contributed by atoms with van der Waals surface area (Å²) in [5.74, 6) is -0.966. The number of likely N-dealkylation sites (tertiary alicyclic amines) is 1. The van der Waals surface area contributed by atoms with Gasteiger partial charge in [0.15, 0.2) is 0 Å². The average molecular weight is 542 g/mol. The maximum atomic E-state index is 14.2. The number of carboxylic acids is 1. The molecule has 3 rings (SSSR count). The van der Waals surface area contributed by atoms with Crippen molar-refractivity contribution in [3.05, 3.63) is 65.2 Å². The zero-order valence-corrected chi connectivity index (χ0v) is 20.6. The van der Waals surface area contributed by atoms with Gasteiger partial charge in [0.25, 0.3) is 0 Å². The molecule has 38 heavy (non-hydrogen) atoms. The molecule has 7 nitrogen and oxygen atoms in total. The van der Waals surface area contributed by atoms with Crippen LogP contribution in [0.15, 0.2) is 42.5 Å². The van der Waals surface area contributed by atoms with Crippen LogP contribution in [0.3, 0.4) is 0 Å². The molecule has 1 fully saturated rings. The zero-order valence-electron chi connectivity index (χ0n) is 20.6. The van der Waals surface area contributed by atoms with E-state index in [9.17, 15) is 26.7 Å².